The van der Waals surface area contributed by atoms with Crippen LogP contribution >= 0.6 is 24.4 Å². The third-order valence-corrected chi connectivity index (χ3v) is 5.13. The van der Waals surface area contributed by atoms with Crippen LogP contribution in [0.3, 0.4) is 0 Å². The SMILES string of the molecule is CC(=O)ON1C(=O)CCC1=O.CC(=O)Oc1c(F)c(F)cc(F)c1F.CC(=S)Nc1ccc(N=C=S)cc1.CN1C(=O)C=CC1=O. The smallest absolute Gasteiger partial charge is 0.330 e. The fourth-order valence-electron chi connectivity index (χ4n) is 2.92. The van der Waals surface area contributed by atoms with E-state index in [0.29, 0.717) is 5.06 Å². The molecule has 4 rings (SSSR count). The van der Waals surface area contributed by atoms with E-state index in [1.807, 2.05) is 31.2 Å². The zero-order valence-corrected chi connectivity index (χ0v) is 26.0. The summed E-state index contributed by atoms with van der Waals surface area (Å²) in [4.78, 5) is 72.9. The minimum Gasteiger partial charge on any atom is -0.420 e. The Labute approximate surface area is 269 Å². The second kappa shape index (κ2) is 18.6. The van der Waals surface area contributed by atoms with Gasteiger partial charge < -0.3 is 14.9 Å². The largest absolute Gasteiger partial charge is 0.420 e. The van der Waals surface area contributed by atoms with Crippen LogP contribution in [0, 0.1) is 23.3 Å². The number of hydrogen-bond acceptors (Lipinski definition) is 11. The molecule has 1 fully saturated rings. The van der Waals surface area contributed by atoms with E-state index in [0.717, 1.165) is 35.1 Å². The van der Waals surface area contributed by atoms with Crippen molar-refractivity contribution in [1.29, 1.82) is 0 Å². The molecule has 2 heterocycles. The van der Waals surface area contributed by atoms with Gasteiger partial charge in [0.05, 0.1) is 15.8 Å². The summed E-state index contributed by atoms with van der Waals surface area (Å²) in [6.07, 6.45) is 2.77. The van der Waals surface area contributed by atoms with Crippen LogP contribution in [0.4, 0.5) is 28.9 Å². The molecule has 2 aromatic rings. The van der Waals surface area contributed by atoms with Gasteiger partial charge in [0.15, 0.2) is 11.6 Å². The minimum absolute atomic E-state index is 0.0255. The molecular formula is C28H24F4N4O8S2. The molecule has 12 nitrogen and oxygen atoms in total. The van der Waals surface area contributed by atoms with E-state index in [1.165, 1.54) is 19.2 Å². The Kier molecular flexibility index (Phi) is 15.7. The maximum atomic E-state index is 12.7. The van der Waals surface area contributed by atoms with Gasteiger partial charge >= 0.3 is 11.9 Å². The number of nitrogens with zero attached hydrogens (tertiary/aromatic N) is 3. The number of anilines is 1. The number of isothiocyanates is 1. The molecule has 0 unspecified atom stereocenters. The van der Waals surface area contributed by atoms with E-state index in [4.69, 9.17) is 12.2 Å². The van der Waals surface area contributed by atoms with Crippen molar-refractivity contribution in [3.63, 3.8) is 0 Å². The number of hydroxylamine groups is 2. The fourth-order valence-corrected chi connectivity index (χ4v) is 3.14. The molecule has 0 atom stereocenters. The third-order valence-electron chi connectivity index (χ3n) is 4.93. The highest BCUT2D eigenvalue weighted by molar-refractivity contribution is 7.80. The normalized spacial score (nSPS) is 12.9. The molecular weight excluding hydrogens is 660 g/mol. The van der Waals surface area contributed by atoms with E-state index in [1.54, 1.807) is 0 Å². The first-order valence-corrected chi connectivity index (χ1v) is 13.3. The lowest BCUT2D eigenvalue weighted by molar-refractivity contribution is -0.195. The molecule has 4 amide bonds. The number of benzene rings is 2. The van der Waals surface area contributed by atoms with Gasteiger partial charge in [-0.2, -0.15) is 13.8 Å². The van der Waals surface area contributed by atoms with Crippen LogP contribution in [-0.4, -0.2) is 62.7 Å². The predicted octanol–water partition coefficient (Wildman–Crippen LogP) is 4.50. The molecule has 1 saturated heterocycles. The first-order valence-electron chi connectivity index (χ1n) is 12.5. The van der Waals surface area contributed by atoms with Crippen LogP contribution in [0.25, 0.3) is 0 Å². The number of carbonyl (C=O) groups is 6. The van der Waals surface area contributed by atoms with Gasteiger partial charge in [-0.1, -0.05) is 12.2 Å². The van der Waals surface area contributed by atoms with Gasteiger partial charge in [-0.05, 0) is 43.4 Å². The molecule has 244 valence electrons. The summed E-state index contributed by atoms with van der Waals surface area (Å²) in [5.74, 6) is -11.2. The van der Waals surface area contributed by atoms with Crippen LogP contribution in [0.15, 0.2) is 47.5 Å². The first kappa shape index (κ1) is 38.8. The zero-order valence-electron chi connectivity index (χ0n) is 24.4. The summed E-state index contributed by atoms with van der Waals surface area (Å²) in [6, 6.07) is 7.50. The molecule has 18 heteroatoms. The van der Waals surface area contributed by atoms with Crippen molar-refractivity contribution in [3.05, 3.63) is 65.8 Å². The average molecular weight is 685 g/mol. The zero-order chi connectivity index (χ0) is 35.1. The molecule has 0 aromatic heterocycles. The van der Waals surface area contributed by atoms with Crippen molar-refractivity contribution in [1.82, 2.24) is 9.96 Å². The number of thiocarbonyl (C=S) groups is 2. The van der Waals surface area contributed by atoms with Gasteiger partial charge in [-0.25, -0.2) is 13.6 Å². The first-order chi connectivity index (χ1) is 21.5. The molecule has 2 aliphatic heterocycles. The van der Waals surface area contributed by atoms with Crippen molar-refractivity contribution in [2.75, 3.05) is 12.4 Å². The number of ether oxygens (including phenoxy) is 1. The Morgan fingerprint density at radius 1 is 0.870 bits per heavy atom. The lowest BCUT2D eigenvalue weighted by Crippen LogP contribution is -2.30. The van der Waals surface area contributed by atoms with E-state index >= 15 is 0 Å². The number of amides is 4. The summed E-state index contributed by atoms with van der Waals surface area (Å²) in [6.45, 7) is 3.82. The van der Waals surface area contributed by atoms with Crippen molar-refractivity contribution in [2.45, 2.75) is 33.6 Å². The van der Waals surface area contributed by atoms with Gasteiger partial charge in [-0.15, -0.1) is 5.06 Å². The summed E-state index contributed by atoms with van der Waals surface area (Å²) < 4.78 is 54.5. The maximum absolute atomic E-state index is 12.7. The molecule has 2 aliphatic rings. The number of esters is 1. The number of hydrogen-bond donors (Lipinski definition) is 1. The summed E-state index contributed by atoms with van der Waals surface area (Å²) in [5.41, 5.74) is 1.75. The lowest BCUT2D eigenvalue weighted by Gasteiger charge is -2.09. The standard InChI is InChI=1S/C9H8N2S2.C8H4F4O2.C6H7NO4.C5H5NO2/c1-7(13)11-9-4-2-8(3-5-9)10-6-12;1-3(13)14-8-6(11)4(9)2-5(10)7(8)12;1-4(8)11-7-5(9)2-3-6(7)10;1-6-4(7)2-3-5(6)8/h2-5H,1H3,(H,11,13);2H,1H3;2-3H2,1H3;2-3H,1H3. The molecule has 0 aliphatic carbocycles. The van der Waals surface area contributed by atoms with E-state index < -0.39 is 52.8 Å². The summed E-state index contributed by atoms with van der Waals surface area (Å²) in [7, 11) is 1.45. The van der Waals surface area contributed by atoms with Crippen LogP contribution in [0.5, 0.6) is 5.75 Å². The van der Waals surface area contributed by atoms with Crippen LogP contribution < -0.4 is 10.1 Å². The highest BCUT2D eigenvalue weighted by Crippen LogP contribution is 2.26. The molecule has 2 aromatic carbocycles. The van der Waals surface area contributed by atoms with E-state index in [2.05, 4.69) is 37.3 Å². The Bertz CT molecular complexity index is 1550. The van der Waals surface area contributed by atoms with Crippen LogP contribution in [-0.2, 0) is 33.6 Å². The van der Waals surface area contributed by atoms with E-state index in [9.17, 15) is 46.3 Å². The molecule has 1 N–H and O–H groups in total. The Hall–Kier alpha value is -5.19. The number of carbonyl (C=O) groups excluding carboxylic acids is 6. The topological polar surface area (TPSA) is 152 Å². The maximum Gasteiger partial charge on any atom is 0.330 e. The highest BCUT2D eigenvalue weighted by Gasteiger charge is 2.31. The monoisotopic (exact) mass is 684 g/mol. The number of rotatable bonds is 4. The van der Waals surface area contributed by atoms with Gasteiger partial charge in [0.1, 0.15) is 0 Å². The number of likely N-dealkylation sites (N-methyl/N-ethyl adjacent to an activating group) is 1. The molecule has 0 radical (unpaired) electrons. The second-order valence-electron chi connectivity index (χ2n) is 8.56. The van der Waals surface area contributed by atoms with Crippen molar-refractivity contribution < 1.29 is 55.9 Å². The Balaban J connectivity index is 0.000000312. The van der Waals surface area contributed by atoms with E-state index in [-0.39, 0.29) is 30.7 Å². The number of aliphatic imine (C=N–C) groups is 1. The molecule has 46 heavy (non-hydrogen) atoms. The third kappa shape index (κ3) is 12.8. The van der Waals surface area contributed by atoms with Crippen molar-refractivity contribution >= 4 is 81.5 Å². The van der Waals surface area contributed by atoms with Crippen LogP contribution in [0.2, 0.25) is 0 Å². The highest BCUT2D eigenvalue weighted by atomic mass is 32.1. The minimum atomic E-state index is -1.74. The van der Waals surface area contributed by atoms with Crippen molar-refractivity contribution in [3.8, 4) is 5.75 Å². The summed E-state index contributed by atoms with van der Waals surface area (Å²) in [5, 5.41) is 5.84. The van der Waals surface area contributed by atoms with Crippen molar-refractivity contribution in [2.24, 2.45) is 4.99 Å². The molecule has 0 saturated carbocycles. The number of halogens is 4. The van der Waals surface area contributed by atoms with Crippen LogP contribution in [0.1, 0.15) is 33.6 Å². The van der Waals surface area contributed by atoms with Gasteiger partial charge in [-0.3, -0.25) is 28.9 Å². The van der Waals surface area contributed by atoms with Gasteiger partial charge in [0.2, 0.25) is 17.4 Å². The predicted molar refractivity (Wildman–Crippen MR) is 160 cm³/mol. The lowest BCUT2D eigenvalue weighted by atomic mass is 10.3. The average Bonchev–Trinajstić information content (AvgIpc) is 3.45. The molecule has 0 spiro atoms. The Morgan fingerprint density at radius 2 is 1.35 bits per heavy atom. The fraction of sp³-hybridized carbons (Fsp3) is 0.214. The van der Waals surface area contributed by atoms with Gasteiger partial charge in [0.25, 0.3) is 23.6 Å². The Morgan fingerprint density at radius 3 is 1.70 bits per heavy atom. The number of imide groups is 2. The quantitative estimate of drug-likeness (QED) is 0.0922. The molecule has 0 bridgehead atoms. The second-order valence-corrected chi connectivity index (χ2v) is 9.35. The summed E-state index contributed by atoms with van der Waals surface area (Å²) >= 11 is 9.38. The van der Waals surface area contributed by atoms with Gasteiger partial charge in [0, 0.05) is 57.6 Å². The number of nitrogens with one attached hydrogen (secondary N) is 1.